The van der Waals surface area contributed by atoms with Crippen molar-refractivity contribution >= 4 is 17.5 Å². The predicted molar refractivity (Wildman–Crippen MR) is 78.3 cm³/mol. The van der Waals surface area contributed by atoms with E-state index in [0.29, 0.717) is 18.2 Å². The minimum absolute atomic E-state index is 0.0688. The van der Waals surface area contributed by atoms with Gasteiger partial charge in [-0.05, 0) is 43.9 Å². The minimum Gasteiger partial charge on any atom is -0.496 e. The summed E-state index contributed by atoms with van der Waals surface area (Å²) in [6, 6.07) is 1.89. The fourth-order valence-corrected chi connectivity index (χ4v) is 2.60. The quantitative estimate of drug-likeness (QED) is 0.929. The van der Waals surface area contributed by atoms with Gasteiger partial charge < -0.3 is 14.8 Å². The Kier molecular flexibility index (Phi) is 4.89. The Morgan fingerprint density at radius 3 is 2.90 bits per heavy atom. The van der Waals surface area contributed by atoms with Crippen molar-refractivity contribution < 1.29 is 14.3 Å². The molecule has 4 nitrogen and oxygen atoms in total. The molecule has 1 saturated heterocycles. The molecule has 20 heavy (non-hydrogen) atoms. The van der Waals surface area contributed by atoms with Crippen molar-refractivity contribution in [2.24, 2.45) is 0 Å². The molecule has 1 atom stereocenters. The molecule has 0 spiro atoms. The van der Waals surface area contributed by atoms with Crippen LogP contribution in [-0.2, 0) is 16.1 Å². The van der Waals surface area contributed by atoms with Gasteiger partial charge in [0, 0.05) is 23.7 Å². The maximum atomic E-state index is 12.0. The Hall–Kier alpha value is -1.26. The molecule has 2 rings (SSSR count). The van der Waals surface area contributed by atoms with Crippen LogP contribution in [0.1, 0.15) is 29.5 Å². The van der Waals surface area contributed by atoms with Gasteiger partial charge in [-0.3, -0.25) is 4.79 Å². The summed E-state index contributed by atoms with van der Waals surface area (Å²) in [4.78, 5) is 12.0. The Balaban J connectivity index is 2.12. The van der Waals surface area contributed by atoms with Crippen molar-refractivity contribution in [3.8, 4) is 5.75 Å². The van der Waals surface area contributed by atoms with Crippen LogP contribution < -0.4 is 10.1 Å². The predicted octanol–water partition coefficient (Wildman–Crippen LogP) is 2.76. The first-order chi connectivity index (χ1) is 9.54. The average Bonchev–Trinajstić information content (AvgIpc) is 2.97. The molecule has 1 amide bonds. The summed E-state index contributed by atoms with van der Waals surface area (Å²) in [6.07, 6.45) is 1.41. The van der Waals surface area contributed by atoms with Crippen LogP contribution in [0.2, 0.25) is 5.02 Å². The second-order valence-electron chi connectivity index (χ2n) is 5.03. The molecule has 5 heteroatoms. The molecular formula is C15H20ClNO3. The maximum absolute atomic E-state index is 12.0. The normalized spacial score (nSPS) is 18.1. The first kappa shape index (κ1) is 15.1. The first-order valence-corrected chi connectivity index (χ1v) is 7.14. The van der Waals surface area contributed by atoms with Crippen LogP contribution >= 0.6 is 11.6 Å². The standard InChI is InChI=1S/C15H20ClNO3/c1-9-7-13(19-3)11(10(2)14(9)16)8-17-15(18)12-5-4-6-20-12/h7,12H,4-6,8H2,1-3H3,(H,17,18). The molecule has 1 heterocycles. The van der Waals surface area contributed by atoms with E-state index < -0.39 is 0 Å². The van der Waals surface area contributed by atoms with Gasteiger partial charge in [-0.2, -0.15) is 0 Å². The third-order valence-electron chi connectivity index (χ3n) is 3.65. The average molecular weight is 298 g/mol. The number of aryl methyl sites for hydroxylation is 1. The van der Waals surface area contributed by atoms with E-state index in [1.165, 1.54) is 0 Å². The second-order valence-corrected chi connectivity index (χ2v) is 5.41. The number of benzene rings is 1. The molecule has 1 aromatic carbocycles. The molecule has 1 unspecified atom stereocenters. The molecule has 1 fully saturated rings. The molecule has 0 aliphatic carbocycles. The molecule has 1 aliphatic heterocycles. The number of methoxy groups -OCH3 is 1. The minimum atomic E-state index is -0.317. The van der Waals surface area contributed by atoms with Gasteiger partial charge >= 0.3 is 0 Å². The second kappa shape index (κ2) is 6.46. The molecule has 110 valence electrons. The zero-order chi connectivity index (χ0) is 14.7. The fourth-order valence-electron chi connectivity index (χ4n) is 2.44. The van der Waals surface area contributed by atoms with Crippen LogP contribution in [0.15, 0.2) is 6.07 Å². The van der Waals surface area contributed by atoms with Crippen molar-refractivity contribution in [2.45, 2.75) is 39.3 Å². The largest absolute Gasteiger partial charge is 0.496 e. The van der Waals surface area contributed by atoms with Crippen molar-refractivity contribution in [3.63, 3.8) is 0 Å². The fraction of sp³-hybridized carbons (Fsp3) is 0.533. The van der Waals surface area contributed by atoms with E-state index in [0.717, 1.165) is 35.3 Å². The highest BCUT2D eigenvalue weighted by molar-refractivity contribution is 6.32. The number of nitrogens with one attached hydrogen (secondary N) is 1. The number of hydrogen-bond donors (Lipinski definition) is 1. The Morgan fingerprint density at radius 1 is 1.55 bits per heavy atom. The van der Waals surface area contributed by atoms with E-state index in [-0.39, 0.29) is 12.0 Å². The summed E-state index contributed by atoms with van der Waals surface area (Å²) in [7, 11) is 1.62. The number of rotatable bonds is 4. The smallest absolute Gasteiger partial charge is 0.249 e. The molecule has 0 bridgehead atoms. The van der Waals surface area contributed by atoms with E-state index in [9.17, 15) is 4.79 Å². The lowest BCUT2D eigenvalue weighted by atomic mass is 10.0. The third-order valence-corrected chi connectivity index (χ3v) is 4.24. The van der Waals surface area contributed by atoms with E-state index in [1.54, 1.807) is 7.11 Å². The summed E-state index contributed by atoms with van der Waals surface area (Å²) in [5, 5.41) is 3.62. The summed E-state index contributed by atoms with van der Waals surface area (Å²) in [6.45, 7) is 4.93. The molecule has 0 radical (unpaired) electrons. The van der Waals surface area contributed by atoms with Crippen molar-refractivity contribution in [2.75, 3.05) is 13.7 Å². The molecule has 0 saturated carbocycles. The van der Waals surface area contributed by atoms with Crippen LogP contribution in [-0.4, -0.2) is 25.7 Å². The van der Waals surface area contributed by atoms with Gasteiger partial charge in [0.25, 0.3) is 0 Å². The number of halogens is 1. The zero-order valence-corrected chi connectivity index (χ0v) is 12.8. The molecular weight excluding hydrogens is 278 g/mol. The lowest BCUT2D eigenvalue weighted by molar-refractivity contribution is -0.130. The molecule has 0 aromatic heterocycles. The highest BCUT2D eigenvalue weighted by Crippen LogP contribution is 2.31. The molecule has 1 aliphatic rings. The number of hydrogen-bond acceptors (Lipinski definition) is 3. The van der Waals surface area contributed by atoms with Gasteiger partial charge in [0.05, 0.1) is 7.11 Å². The number of carbonyl (C=O) groups is 1. The maximum Gasteiger partial charge on any atom is 0.249 e. The number of carbonyl (C=O) groups excluding carboxylic acids is 1. The van der Waals surface area contributed by atoms with Crippen LogP contribution in [0.3, 0.4) is 0 Å². The van der Waals surface area contributed by atoms with Gasteiger partial charge in [0.1, 0.15) is 11.9 Å². The van der Waals surface area contributed by atoms with Gasteiger partial charge in [0.2, 0.25) is 5.91 Å². The number of amides is 1. The van der Waals surface area contributed by atoms with E-state index in [4.69, 9.17) is 21.1 Å². The monoisotopic (exact) mass is 297 g/mol. The lowest BCUT2D eigenvalue weighted by Gasteiger charge is -2.17. The summed E-state index contributed by atoms with van der Waals surface area (Å²) < 4.78 is 10.7. The Labute approximate surface area is 124 Å². The third kappa shape index (κ3) is 3.07. The van der Waals surface area contributed by atoms with Crippen LogP contribution in [0.5, 0.6) is 5.75 Å². The van der Waals surface area contributed by atoms with Gasteiger partial charge in [-0.1, -0.05) is 11.6 Å². The first-order valence-electron chi connectivity index (χ1n) is 6.76. The highest BCUT2D eigenvalue weighted by Gasteiger charge is 2.23. The van der Waals surface area contributed by atoms with Crippen molar-refractivity contribution in [1.29, 1.82) is 0 Å². The zero-order valence-electron chi connectivity index (χ0n) is 12.1. The van der Waals surface area contributed by atoms with Gasteiger partial charge in [0.15, 0.2) is 0 Å². The van der Waals surface area contributed by atoms with E-state index in [1.807, 2.05) is 19.9 Å². The van der Waals surface area contributed by atoms with Crippen LogP contribution in [0, 0.1) is 13.8 Å². The van der Waals surface area contributed by atoms with Crippen molar-refractivity contribution in [3.05, 3.63) is 27.8 Å². The van der Waals surface area contributed by atoms with Gasteiger partial charge in [-0.15, -0.1) is 0 Å². The molecule has 1 N–H and O–H groups in total. The lowest BCUT2D eigenvalue weighted by Crippen LogP contribution is -2.33. The van der Waals surface area contributed by atoms with E-state index >= 15 is 0 Å². The van der Waals surface area contributed by atoms with Crippen LogP contribution in [0.25, 0.3) is 0 Å². The highest BCUT2D eigenvalue weighted by atomic mass is 35.5. The Morgan fingerprint density at radius 2 is 2.30 bits per heavy atom. The summed E-state index contributed by atoms with van der Waals surface area (Å²) in [5.74, 6) is 0.678. The number of ether oxygens (including phenoxy) is 2. The van der Waals surface area contributed by atoms with Crippen molar-refractivity contribution in [1.82, 2.24) is 5.32 Å². The SMILES string of the molecule is COc1cc(C)c(Cl)c(C)c1CNC(=O)C1CCCO1. The summed E-state index contributed by atoms with van der Waals surface area (Å²) >= 11 is 6.26. The van der Waals surface area contributed by atoms with E-state index in [2.05, 4.69) is 5.32 Å². The van der Waals surface area contributed by atoms with Crippen LogP contribution in [0.4, 0.5) is 0 Å². The summed E-state index contributed by atoms with van der Waals surface area (Å²) in [5.41, 5.74) is 2.82. The Bertz CT molecular complexity index is 510. The van der Waals surface area contributed by atoms with Gasteiger partial charge in [-0.25, -0.2) is 0 Å². The topological polar surface area (TPSA) is 47.6 Å². The molecule has 1 aromatic rings.